The Morgan fingerprint density at radius 1 is 1.47 bits per heavy atom. The quantitative estimate of drug-likeness (QED) is 0.475. The number of carbonyl (C=O) groups is 1. The van der Waals surface area contributed by atoms with E-state index in [-0.39, 0.29) is 5.97 Å². The Bertz CT molecular complexity index is 383. The van der Waals surface area contributed by atoms with Gasteiger partial charge in [0.25, 0.3) is 0 Å². The number of para-hydroxylation sites is 1. The van der Waals surface area contributed by atoms with Crippen LogP contribution < -0.4 is 4.74 Å². The lowest BCUT2D eigenvalue weighted by molar-refractivity contribution is -0.130. The van der Waals surface area contributed by atoms with Crippen LogP contribution in [0.15, 0.2) is 40.4 Å². The maximum Gasteiger partial charge on any atom is 0.338 e. The lowest BCUT2D eigenvalue weighted by Gasteiger charge is -2.05. The molecule has 0 heterocycles. The minimum atomic E-state index is -0.302. The molecule has 0 fully saturated rings. The monoisotopic (exact) mass is 268 g/mol. The number of hydrogen-bond acceptors (Lipinski definition) is 2. The van der Waals surface area contributed by atoms with Crippen LogP contribution in [0.4, 0.5) is 0 Å². The van der Waals surface area contributed by atoms with Crippen molar-refractivity contribution in [3.05, 3.63) is 40.4 Å². The van der Waals surface area contributed by atoms with Crippen molar-refractivity contribution in [1.82, 2.24) is 0 Å². The second kappa shape index (κ2) is 5.71. The highest BCUT2D eigenvalue weighted by atomic mass is 79.9. The summed E-state index contributed by atoms with van der Waals surface area (Å²) in [6, 6.07) is 7.28. The normalized spacial score (nSPS) is 11.3. The van der Waals surface area contributed by atoms with Gasteiger partial charge in [-0.25, -0.2) is 4.79 Å². The highest BCUT2D eigenvalue weighted by Gasteiger charge is 2.08. The number of halogens is 1. The molecule has 0 saturated carbocycles. The molecule has 1 rings (SSSR count). The molecule has 0 aromatic heterocycles. The van der Waals surface area contributed by atoms with Crippen molar-refractivity contribution >= 4 is 21.9 Å². The second-order valence-corrected chi connectivity index (χ2v) is 3.97. The predicted molar refractivity (Wildman–Crippen MR) is 63.8 cm³/mol. The zero-order valence-electron chi connectivity index (χ0n) is 8.79. The number of carbonyl (C=O) groups excluding carboxylic acids is 1. The average Bonchev–Trinajstić information content (AvgIpc) is 2.21. The van der Waals surface area contributed by atoms with Gasteiger partial charge in [-0.05, 0) is 41.4 Å². The molecule has 0 aliphatic carbocycles. The summed E-state index contributed by atoms with van der Waals surface area (Å²) in [5.74, 6) is 0.245. The summed E-state index contributed by atoms with van der Waals surface area (Å²) in [6.45, 7) is 3.73. The third-order valence-electron chi connectivity index (χ3n) is 1.87. The summed E-state index contributed by atoms with van der Waals surface area (Å²) in [5.41, 5.74) is 0.633. The number of benzene rings is 1. The standard InChI is InChI=1S/C12H13BrO2/c1-3-6-9(2)12(14)15-11-8-5-4-7-10(11)13/h4-8H,3H2,1-2H3. The summed E-state index contributed by atoms with van der Waals surface area (Å²) in [5, 5.41) is 0. The van der Waals surface area contributed by atoms with Gasteiger partial charge in [0.1, 0.15) is 5.75 Å². The lowest BCUT2D eigenvalue weighted by atomic mass is 10.2. The lowest BCUT2D eigenvalue weighted by Crippen LogP contribution is -2.09. The first-order valence-corrected chi connectivity index (χ1v) is 5.58. The van der Waals surface area contributed by atoms with Gasteiger partial charge in [0.15, 0.2) is 0 Å². The van der Waals surface area contributed by atoms with Gasteiger partial charge in [0.05, 0.1) is 4.47 Å². The second-order valence-electron chi connectivity index (χ2n) is 3.12. The van der Waals surface area contributed by atoms with Crippen LogP contribution in [0.3, 0.4) is 0 Å². The summed E-state index contributed by atoms with van der Waals surface area (Å²) in [6.07, 6.45) is 2.68. The van der Waals surface area contributed by atoms with Crippen LogP contribution in [0.2, 0.25) is 0 Å². The molecule has 0 bridgehead atoms. The van der Waals surface area contributed by atoms with Crippen LogP contribution in [-0.2, 0) is 4.79 Å². The van der Waals surface area contributed by atoms with Crippen molar-refractivity contribution in [2.24, 2.45) is 0 Å². The zero-order valence-corrected chi connectivity index (χ0v) is 10.4. The van der Waals surface area contributed by atoms with Gasteiger partial charge >= 0.3 is 5.97 Å². The molecule has 0 atom stereocenters. The molecule has 1 aromatic rings. The van der Waals surface area contributed by atoms with E-state index >= 15 is 0 Å². The summed E-state index contributed by atoms with van der Waals surface area (Å²) >= 11 is 3.32. The van der Waals surface area contributed by atoms with Crippen LogP contribution in [0.5, 0.6) is 5.75 Å². The molecule has 0 spiro atoms. The first-order valence-electron chi connectivity index (χ1n) is 4.78. The van der Waals surface area contributed by atoms with Crippen molar-refractivity contribution < 1.29 is 9.53 Å². The van der Waals surface area contributed by atoms with Crippen LogP contribution in [-0.4, -0.2) is 5.97 Å². The summed E-state index contributed by atoms with van der Waals surface area (Å²) < 4.78 is 5.99. The average molecular weight is 269 g/mol. The van der Waals surface area contributed by atoms with Gasteiger partial charge in [0, 0.05) is 5.57 Å². The van der Waals surface area contributed by atoms with Gasteiger partial charge in [0.2, 0.25) is 0 Å². The highest BCUT2D eigenvalue weighted by molar-refractivity contribution is 9.10. The maximum absolute atomic E-state index is 11.5. The van der Waals surface area contributed by atoms with E-state index in [4.69, 9.17) is 4.74 Å². The van der Waals surface area contributed by atoms with Gasteiger partial charge in [-0.2, -0.15) is 0 Å². The van der Waals surface area contributed by atoms with Crippen molar-refractivity contribution in [3.8, 4) is 5.75 Å². The Labute approximate surface area is 98.1 Å². The number of allylic oxidation sites excluding steroid dienone is 1. The molecule has 0 N–H and O–H groups in total. The molecule has 15 heavy (non-hydrogen) atoms. The third-order valence-corrected chi connectivity index (χ3v) is 2.53. The van der Waals surface area contributed by atoms with E-state index < -0.39 is 0 Å². The molecule has 2 nitrogen and oxygen atoms in total. The van der Waals surface area contributed by atoms with E-state index in [2.05, 4.69) is 15.9 Å². The van der Waals surface area contributed by atoms with E-state index in [1.54, 1.807) is 13.0 Å². The van der Waals surface area contributed by atoms with Crippen LogP contribution in [0.1, 0.15) is 20.3 Å². The van der Waals surface area contributed by atoms with E-state index in [1.165, 1.54) is 0 Å². The smallest absolute Gasteiger partial charge is 0.338 e. The first-order chi connectivity index (χ1) is 7.15. The van der Waals surface area contributed by atoms with Crippen molar-refractivity contribution in [3.63, 3.8) is 0 Å². The van der Waals surface area contributed by atoms with E-state index in [0.29, 0.717) is 11.3 Å². The molecule has 3 heteroatoms. The molecular formula is C12H13BrO2. The van der Waals surface area contributed by atoms with E-state index in [0.717, 1.165) is 10.9 Å². The Kier molecular flexibility index (Phi) is 4.56. The first kappa shape index (κ1) is 12.0. The molecule has 0 saturated heterocycles. The SMILES string of the molecule is CCC=C(C)C(=O)Oc1ccccc1Br. The zero-order chi connectivity index (χ0) is 11.3. The largest absolute Gasteiger partial charge is 0.422 e. The summed E-state index contributed by atoms with van der Waals surface area (Å²) in [7, 11) is 0. The minimum absolute atomic E-state index is 0.302. The summed E-state index contributed by atoms with van der Waals surface area (Å²) in [4.78, 5) is 11.5. The van der Waals surface area contributed by atoms with Crippen molar-refractivity contribution in [2.45, 2.75) is 20.3 Å². The predicted octanol–water partition coefficient (Wildman–Crippen LogP) is 3.71. The fourth-order valence-electron chi connectivity index (χ4n) is 1.10. The van der Waals surface area contributed by atoms with Gasteiger partial charge < -0.3 is 4.74 Å². The number of hydrogen-bond donors (Lipinski definition) is 0. The molecule has 0 amide bonds. The number of ether oxygens (including phenoxy) is 1. The van der Waals surface area contributed by atoms with Crippen molar-refractivity contribution in [1.29, 1.82) is 0 Å². The fourth-order valence-corrected chi connectivity index (χ4v) is 1.46. The molecule has 0 aliphatic rings. The Morgan fingerprint density at radius 3 is 2.73 bits per heavy atom. The van der Waals surface area contributed by atoms with E-state index in [9.17, 15) is 4.79 Å². The number of rotatable bonds is 3. The molecule has 0 aliphatic heterocycles. The van der Waals surface area contributed by atoms with Gasteiger partial charge in [-0.3, -0.25) is 0 Å². The molecule has 0 unspecified atom stereocenters. The van der Waals surface area contributed by atoms with Crippen LogP contribution in [0.25, 0.3) is 0 Å². The Balaban J connectivity index is 2.75. The van der Waals surface area contributed by atoms with Crippen LogP contribution >= 0.6 is 15.9 Å². The third kappa shape index (κ3) is 3.51. The van der Waals surface area contributed by atoms with Gasteiger partial charge in [-0.1, -0.05) is 25.1 Å². The van der Waals surface area contributed by atoms with Crippen molar-refractivity contribution in [2.75, 3.05) is 0 Å². The number of esters is 1. The topological polar surface area (TPSA) is 26.3 Å². The van der Waals surface area contributed by atoms with E-state index in [1.807, 2.05) is 31.2 Å². The fraction of sp³-hybridized carbons (Fsp3) is 0.250. The molecule has 0 radical (unpaired) electrons. The highest BCUT2D eigenvalue weighted by Crippen LogP contribution is 2.24. The molecular weight excluding hydrogens is 256 g/mol. The Morgan fingerprint density at radius 2 is 2.13 bits per heavy atom. The minimum Gasteiger partial charge on any atom is -0.422 e. The molecule has 1 aromatic carbocycles. The molecule has 80 valence electrons. The van der Waals surface area contributed by atoms with Crippen LogP contribution in [0, 0.1) is 0 Å². The Hall–Kier alpha value is -1.09. The maximum atomic E-state index is 11.5. The van der Waals surface area contributed by atoms with Gasteiger partial charge in [-0.15, -0.1) is 0 Å².